The van der Waals surface area contributed by atoms with E-state index in [1.165, 1.54) is 5.56 Å². The Bertz CT molecular complexity index is 563. The Kier molecular flexibility index (Phi) is 2.80. The van der Waals surface area contributed by atoms with Gasteiger partial charge in [0.2, 0.25) is 0 Å². The molecule has 1 aliphatic rings. The minimum absolute atomic E-state index is 0.627. The summed E-state index contributed by atoms with van der Waals surface area (Å²) in [6, 6.07) is 7.74. The molecular formula is C14H16N2O2. The Hall–Kier alpha value is -1.81. The maximum Gasteiger partial charge on any atom is 0.122 e. The standard InChI is InChI=1S/C14H16N2O2/c1-2-16-12(5-7-15-16)14(17)11-3-4-13-10(9-11)6-8-18-13/h3-5,7,9,14,17H,2,6,8H2,1H3. The van der Waals surface area contributed by atoms with E-state index < -0.39 is 6.10 Å². The Morgan fingerprint density at radius 2 is 2.33 bits per heavy atom. The summed E-state index contributed by atoms with van der Waals surface area (Å²) in [7, 11) is 0. The SMILES string of the molecule is CCn1nccc1C(O)c1ccc2c(c1)CCO2. The smallest absolute Gasteiger partial charge is 0.122 e. The molecule has 0 spiro atoms. The molecule has 1 unspecified atom stereocenters. The summed E-state index contributed by atoms with van der Waals surface area (Å²) in [5, 5.41) is 14.6. The highest BCUT2D eigenvalue weighted by Gasteiger charge is 2.18. The van der Waals surface area contributed by atoms with E-state index in [4.69, 9.17) is 4.74 Å². The monoisotopic (exact) mass is 244 g/mol. The number of aliphatic hydroxyl groups excluding tert-OH is 1. The van der Waals surface area contributed by atoms with Crippen molar-refractivity contribution in [2.45, 2.75) is 26.0 Å². The molecule has 0 radical (unpaired) electrons. The van der Waals surface area contributed by atoms with Crippen molar-refractivity contribution in [3.05, 3.63) is 47.3 Å². The molecule has 0 bridgehead atoms. The molecule has 0 fully saturated rings. The largest absolute Gasteiger partial charge is 0.493 e. The highest BCUT2D eigenvalue weighted by atomic mass is 16.5. The van der Waals surface area contributed by atoms with Crippen molar-refractivity contribution in [3.8, 4) is 5.75 Å². The molecule has 4 heteroatoms. The number of ether oxygens (including phenoxy) is 1. The lowest BCUT2D eigenvalue weighted by Gasteiger charge is -2.13. The van der Waals surface area contributed by atoms with Gasteiger partial charge in [-0.15, -0.1) is 0 Å². The lowest BCUT2D eigenvalue weighted by molar-refractivity contribution is 0.208. The fraction of sp³-hybridized carbons (Fsp3) is 0.357. The molecule has 1 aliphatic heterocycles. The molecule has 1 aromatic heterocycles. The first-order valence-corrected chi connectivity index (χ1v) is 6.25. The number of aromatic nitrogens is 2. The van der Waals surface area contributed by atoms with Crippen LogP contribution < -0.4 is 4.74 Å². The van der Waals surface area contributed by atoms with E-state index in [0.717, 1.165) is 36.6 Å². The van der Waals surface area contributed by atoms with Crippen LogP contribution in [-0.4, -0.2) is 21.5 Å². The summed E-state index contributed by atoms with van der Waals surface area (Å²) < 4.78 is 7.28. The summed E-state index contributed by atoms with van der Waals surface area (Å²) >= 11 is 0. The van der Waals surface area contributed by atoms with Gasteiger partial charge in [-0.05, 0) is 36.2 Å². The van der Waals surface area contributed by atoms with Crippen molar-refractivity contribution in [1.82, 2.24) is 9.78 Å². The number of aliphatic hydroxyl groups is 1. The van der Waals surface area contributed by atoms with E-state index in [1.54, 1.807) is 6.20 Å². The number of fused-ring (bicyclic) bond motifs is 1. The van der Waals surface area contributed by atoms with E-state index >= 15 is 0 Å². The fourth-order valence-electron chi connectivity index (χ4n) is 2.39. The van der Waals surface area contributed by atoms with Crippen LogP contribution in [0.1, 0.15) is 29.8 Å². The second kappa shape index (κ2) is 4.46. The molecule has 2 heterocycles. The molecule has 18 heavy (non-hydrogen) atoms. The van der Waals surface area contributed by atoms with Gasteiger partial charge in [0.25, 0.3) is 0 Å². The van der Waals surface area contributed by atoms with Crippen LogP contribution >= 0.6 is 0 Å². The average molecular weight is 244 g/mol. The van der Waals surface area contributed by atoms with Crippen LogP contribution in [0, 0.1) is 0 Å². The Morgan fingerprint density at radius 3 is 3.17 bits per heavy atom. The van der Waals surface area contributed by atoms with Gasteiger partial charge in [-0.1, -0.05) is 6.07 Å². The zero-order chi connectivity index (χ0) is 12.5. The Balaban J connectivity index is 1.95. The minimum Gasteiger partial charge on any atom is -0.493 e. The third-order valence-electron chi connectivity index (χ3n) is 3.36. The number of hydrogen-bond donors (Lipinski definition) is 1. The van der Waals surface area contributed by atoms with Gasteiger partial charge in [0.15, 0.2) is 0 Å². The number of nitrogens with zero attached hydrogens (tertiary/aromatic N) is 2. The molecule has 0 amide bonds. The van der Waals surface area contributed by atoms with Crippen molar-refractivity contribution in [2.75, 3.05) is 6.61 Å². The zero-order valence-electron chi connectivity index (χ0n) is 10.3. The van der Waals surface area contributed by atoms with Gasteiger partial charge in [-0.2, -0.15) is 5.10 Å². The zero-order valence-corrected chi connectivity index (χ0v) is 10.3. The maximum atomic E-state index is 10.4. The molecule has 94 valence electrons. The third-order valence-corrected chi connectivity index (χ3v) is 3.36. The van der Waals surface area contributed by atoms with E-state index in [1.807, 2.05) is 35.9 Å². The Labute approximate surface area is 106 Å². The van der Waals surface area contributed by atoms with Gasteiger partial charge >= 0.3 is 0 Å². The average Bonchev–Trinajstić information content (AvgIpc) is 3.05. The van der Waals surface area contributed by atoms with Crippen LogP contribution in [0.4, 0.5) is 0 Å². The summed E-state index contributed by atoms with van der Waals surface area (Å²) in [6.07, 6.45) is 2.01. The van der Waals surface area contributed by atoms with Crippen LogP contribution in [0.2, 0.25) is 0 Å². The predicted molar refractivity (Wildman–Crippen MR) is 67.6 cm³/mol. The molecule has 0 saturated carbocycles. The molecule has 3 rings (SSSR count). The first-order valence-electron chi connectivity index (χ1n) is 6.25. The van der Waals surface area contributed by atoms with Crippen LogP contribution in [0.5, 0.6) is 5.75 Å². The summed E-state index contributed by atoms with van der Waals surface area (Å²) in [4.78, 5) is 0. The number of rotatable bonds is 3. The van der Waals surface area contributed by atoms with Crippen molar-refractivity contribution < 1.29 is 9.84 Å². The van der Waals surface area contributed by atoms with E-state index in [9.17, 15) is 5.11 Å². The molecule has 2 aromatic rings. The molecule has 0 aliphatic carbocycles. The van der Waals surface area contributed by atoms with Crippen LogP contribution in [0.3, 0.4) is 0 Å². The van der Waals surface area contributed by atoms with Gasteiger partial charge in [0.1, 0.15) is 11.9 Å². The van der Waals surface area contributed by atoms with Crippen molar-refractivity contribution in [1.29, 1.82) is 0 Å². The van der Waals surface area contributed by atoms with Gasteiger partial charge in [-0.3, -0.25) is 4.68 Å². The summed E-state index contributed by atoms with van der Waals surface area (Å²) in [5.41, 5.74) is 2.90. The summed E-state index contributed by atoms with van der Waals surface area (Å²) in [6.45, 7) is 3.51. The van der Waals surface area contributed by atoms with E-state index in [0.29, 0.717) is 0 Å². The highest BCUT2D eigenvalue weighted by molar-refractivity contribution is 5.41. The number of hydrogen-bond acceptors (Lipinski definition) is 3. The lowest BCUT2D eigenvalue weighted by atomic mass is 10.0. The van der Waals surface area contributed by atoms with E-state index in [-0.39, 0.29) is 0 Å². The maximum absolute atomic E-state index is 10.4. The van der Waals surface area contributed by atoms with Crippen LogP contribution in [-0.2, 0) is 13.0 Å². The molecule has 1 aromatic carbocycles. The number of aryl methyl sites for hydroxylation is 1. The normalized spacial score (nSPS) is 15.2. The predicted octanol–water partition coefficient (Wildman–Crippen LogP) is 1.92. The van der Waals surface area contributed by atoms with Gasteiger partial charge in [0.05, 0.1) is 12.3 Å². The van der Waals surface area contributed by atoms with Crippen LogP contribution in [0.15, 0.2) is 30.5 Å². The Morgan fingerprint density at radius 1 is 1.44 bits per heavy atom. The number of benzene rings is 1. The minimum atomic E-state index is -0.627. The van der Waals surface area contributed by atoms with Crippen molar-refractivity contribution >= 4 is 0 Å². The van der Waals surface area contributed by atoms with E-state index in [2.05, 4.69) is 5.10 Å². The highest BCUT2D eigenvalue weighted by Crippen LogP contribution is 2.30. The van der Waals surface area contributed by atoms with Gasteiger partial charge in [0, 0.05) is 19.2 Å². The molecule has 0 saturated heterocycles. The second-order valence-electron chi connectivity index (χ2n) is 4.44. The molecular weight excluding hydrogens is 228 g/mol. The molecule has 4 nitrogen and oxygen atoms in total. The van der Waals surface area contributed by atoms with Crippen LogP contribution in [0.25, 0.3) is 0 Å². The molecule has 1 atom stereocenters. The van der Waals surface area contributed by atoms with Gasteiger partial charge in [-0.25, -0.2) is 0 Å². The topological polar surface area (TPSA) is 47.3 Å². The fourth-order valence-corrected chi connectivity index (χ4v) is 2.39. The lowest BCUT2D eigenvalue weighted by Crippen LogP contribution is -2.09. The third kappa shape index (κ3) is 1.78. The molecule has 1 N–H and O–H groups in total. The quantitative estimate of drug-likeness (QED) is 0.897. The summed E-state index contributed by atoms with van der Waals surface area (Å²) in [5.74, 6) is 0.940. The second-order valence-corrected chi connectivity index (χ2v) is 4.44. The first-order chi connectivity index (χ1) is 8.79. The first kappa shape index (κ1) is 11.3. The van der Waals surface area contributed by atoms with Crippen molar-refractivity contribution in [3.63, 3.8) is 0 Å². The van der Waals surface area contributed by atoms with Gasteiger partial charge < -0.3 is 9.84 Å². The van der Waals surface area contributed by atoms with Crippen molar-refractivity contribution in [2.24, 2.45) is 0 Å².